The van der Waals surface area contributed by atoms with E-state index in [1.807, 2.05) is 0 Å². The Bertz CT molecular complexity index is 458. The van der Waals surface area contributed by atoms with E-state index >= 15 is 0 Å². The molecule has 0 aliphatic heterocycles. The van der Waals surface area contributed by atoms with Gasteiger partial charge in [0.05, 0.1) is 17.8 Å². The molecule has 0 saturated heterocycles. The van der Waals surface area contributed by atoms with E-state index in [1.165, 1.54) is 28.2 Å². The molecule has 1 heterocycles. The lowest BCUT2D eigenvalue weighted by molar-refractivity contribution is -0.138. The van der Waals surface area contributed by atoms with E-state index in [1.54, 1.807) is 24.6 Å². The van der Waals surface area contributed by atoms with Crippen molar-refractivity contribution in [3.63, 3.8) is 0 Å². The third kappa shape index (κ3) is 4.70. The van der Waals surface area contributed by atoms with Crippen LogP contribution in [0.4, 0.5) is 0 Å². The lowest BCUT2D eigenvalue weighted by Crippen LogP contribution is -2.39. The van der Waals surface area contributed by atoms with Crippen LogP contribution in [0.25, 0.3) is 0 Å². The van der Waals surface area contributed by atoms with E-state index in [0.717, 1.165) is 0 Å². The molecule has 0 spiro atoms. The zero-order chi connectivity index (χ0) is 14.4. The molecule has 0 bridgehead atoms. The number of hydrogen-bond acceptors (Lipinski definition) is 4. The van der Waals surface area contributed by atoms with Gasteiger partial charge in [-0.1, -0.05) is 6.07 Å². The van der Waals surface area contributed by atoms with Crippen LogP contribution in [-0.2, 0) is 9.59 Å². The van der Waals surface area contributed by atoms with Crippen molar-refractivity contribution in [2.45, 2.75) is 6.42 Å². The fourth-order valence-corrected chi connectivity index (χ4v) is 2.09. The topological polar surface area (TPSA) is 77.9 Å². The van der Waals surface area contributed by atoms with Gasteiger partial charge >= 0.3 is 5.97 Å². The van der Waals surface area contributed by atoms with Crippen molar-refractivity contribution in [3.8, 4) is 0 Å². The van der Waals surface area contributed by atoms with Crippen molar-refractivity contribution in [2.24, 2.45) is 0 Å². The monoisotopic (exact) mass is 284 g/mol. The van der Waals surface area contributed by atoms with E-state index in [2.05, 4.69) is 0 Å². The molecule has 2 amide bonds. The quantitative estimate of drug-likeness (QED) is 0.836. The van der Waals surface area contributed by atoms with Gasteiger partial charge < -0.3 is 14.9 Å². The maximum Gasteiger partial charge on any atom is 0.305 e. The first-order valence-electron chi connectivity index (χ1n) is 5.66. The Hall–Kier alpha value is -1.89. The van der Waals surface area contributed by atoms with Crippen LogP contribution >= 0.6 is 11.3 Å². The van der Waals surface area contributed by atoms with Gasteiger partial charge in [0.15, 0.2) is 0 Å². The largest absolute Gasteiger partial charge is 0.481 e. The Labute approximate surface area is 115 Å². The minimum Gasteiger partial charge on any atom is -0.481 e. The van der Waals surface area contributed by atoms with Crippen LogP contribution in [0.5, 0.6) is 0 Å². The molecule has 0 fully saturated rings. The number of carboxylic acids is 1. The molecule has 0 saturated carbocycles. The van der Waals surface area contributed by atoms with Crippen molar-refractivity contribution in [1.29, 1.82) is 0 Å². The molecule has 0 aromatic carbocycles. The van der Waals surface area contributed by atoms with Crippen LogP contribution < -0.4 is 0 Å². The van der Waals surface area contributed by atoms with Crippen LogP contribution in [0.15, 0.2) is 17.5 Å². The summed E-state index contributed by atoms with van der Waals surface area (Å²) in [5.41, 5.74) is 0. The zero-order valence-electron chi connectivity index (χ0n) is 10.8. The van der Waals surface area contributed by atoms with Crippen LogP contribution in [0.2, 0.25) is 0 Å². The van der Waals surface area contributed by atoms with Crippen LogP contribution in [0, 0.1) is 0 Å². The van der Waals surface area contributed by atoms with Crippen molar-refractivity contribution >= 4 is 29.1 Å². The molecule has 1 aromatic heterocycles. The normalized spacial score (nSPS) is 10.0. The zero-order valence-corrected chi connectivity index (χ0v) is 11.6. The summed E-state index contributed by atoms with van der Waals surface area (Å²) < 4.78 is 0. The molecule has 0 aliphatic carbocycles. The second-order valence-electron chi connectivity index (χ2n) is 4.10. The van der Waals surface area contributed by atoms with Gasteiger partial charge in [-0.05, 0) is 11.4 Å². The van der Waals surface area contributed by atoms with Crippen LogP contribution in [0.3, 0.4) is 0 Å². The van der Waals surface area contributed by atoms with Gasteiger partial charge in [0.25, 0.3) is 5.91 Å². The Balaban J connectivity index is 2.47. The highest BCUT2D eigenvalue weighted by Crippen LogP contribution is 2.11. The molecule has 1 rings (SSSR count). The van der Waals surface area contributed by atoms with Gasteiger partial charge in [0, 0.05) is 20.6 Å². The van der Waals surface area contributed by atoms with Crippen LogP contribution in [-0.4, -0.2) is 59.9 Å². The molecule has 0 unspecified atom stereocenters. The van der Waals surface area contributed by atoms with Gasteiger partial charge in [-0.2, -0.15) is 0 Å². The molecule has 104 valence electrons. The molecule has 0 radical (unpaired) electrons. The summed E-state index contributed by atoms with van der Waals surface area (Å²) in [4.78, 5) is 37.3. The second-order valence-corrected chi connectivity index (χ2v) is 5.05. The molecule has 1 N–H and O–H groups in total. The Morgan fingerprint density at radius 3 is 2.47 bits per heavy atom. The minimum absolute atomic E-state index is 0.0626. The third-order valence-electron chi connectivity index (χ3n) is 2.54. The maximum absolute atomic E-state index is 11.9. The van der Waals surface area contributed by atoms with E-state index in [9.17, 15) is 14.4 Å². The van der Waals surface area contributed by atoms with Crippen molar-refractivity contribution < 1.29 is 19.5 Å². The molecule has 19 heavy (non-hydrogen) atoms. The number of hydrogen-bond donors (Lipinski definition) is 1. The summed E-state index contributed by atoms with van der Waals surface area (Å²) in [5, 5.41) is 10.3. The molecule has 1 aromatic rings. The summed E-state index contributed by atoms with van der Waals surface area (Å²) in [6.45, 7) is 0.0715. The lowest BCUT2D eigenvalue weighted by Gasteiger charge is -2.21. The summed E-state index contributed by atoms with van der Waals surface area (Å²) in [7, 11) is 3.07. The second kappa shape index (κ2) is 6.89. The predicted molar refractivity (Wildman–Crippen MR) is 71.2 cm³/mol. The number of likely N-dealkylation sites (N-methyl/N-ethyl adjacent to an activating group) is 2. The Kier molecular flexibility index (Phi) is 5.50. The van der Waals surface area contributed by atoms with E-state index < -0.39 is 5.97 Å². The first-order valence-corrected chi connectivity index (χ1v) is 6.54. The average molecular weight is 284 g/mol. The van der Waals surface area contributed by atoms with Gasteiger partial charge in [-0.15, -0.1) is 11.3 Å². The predicted octanol–water partition coefficient (Wildman–Crippen LogP) is 0.753. The van der Waals surface area contributed by atoms with Crippen LogP contribution in [0.1, 0.15) is 16.1 Å². The Morgan fingerprint density at radius 1 is 1.26 bits per heavy atom. The highest BCUT2D eigenvalue weighted by Gasteiger charge is 2.18. The number of nitrogens with zero attached hydrogens (tertiary/aromatic N) is 2. The highest BCUT2D eigenvalue weighted by atomic mass is 32.1. The summed E-state index contributed by atoms with van der Waals surface area (Å²) >= 11 is 1.32. The van der Waals surface area contributed by atoms with Crippen molar-refractivity contribution in [1.82, 2.24) is 9.80 Å². The smallest absolute Gasteiger partial charge is 0.305 e. The molecule has 6 nitrogen and oxygen atoms in total. The number of aliphatic carboxylic acids is 1. The van der Waals surface area contributed by atoms with Crippen molar-refractivity contribution in [2.75, 3.05) is 27.2 Å². The number of carbonyl (C=O) groups excluding carboxylic acids is 2. The molecule has 0 atom stereocenters. The lowest BCUT2D eigenvalue weighted by atomic mass is 10.3. The summed E-state index contributed by atoms with van der Waals surface area (Å²) in [5.74, 6) is -1.45. The fourth-order valence-electron chi connectivity index (χ4n) is 1.37. The average Bonchev–Trinajstić information content (AvgIpc) is 2.88. The maximum atomic E-state index is 11.9. The van der Waals surface area contributed by atoms with E-state index in [4.69, 9.17) is 5.11 Å². The van der Waals surface area contributed by atoms with Crippen molar-refractivity contribution in [3.05, 3.63) is 22.4 Å². The first-order chi connectivity index (χ1) is 8.91. The molecule has 7 heteroatoms. The number of carbonyl (C=O) groups is 3. The van der Waals surface area contributed by atoms with Gasteiger partial charge in [-0.3, -0.25) is 14.4 Å². The first kappa shape index (κ1) is 15.2. The fraction of sp³-hybridized carbons (Fsp3) is 0.417. The SMILES string of the molecule is CN(CCC(=O)O)C(=O)CN(C)C(=O)c1cccs1. The summed E-state index contributed by atoms with van der Waals surface area (Å²) in [6, 6.07) is 3.47. The molecular weight excluding hydrogens is 268 g/mol. The number of rotatable bonds is 6. The van der Waals surface area contributed by atoms with Gasteiger partial charge in [-0.25, -0.2) is 0 Å². The minimum atomic E-state index is -0.956. The van der Waals surface area contributed by atoms with E-state index in [-0.39, 0.29) is 31.3 Å². The van der Waals surface area contributed by atoms with E-state index in [0.29, 0.717) is 4.88 Å². The Morgan fingerprint density at radius 2 is 1.95 bits per heavy atom. The van der Waals surface area contributed by atoms with Gasteiger partial charge in [0.2, 0.25) is 5.91 Å². The molecule has 0 aliphatic rings. The number of carboxylic acid groups (broad SMARTS) is 1. The molecular formula is C12H16N2O4S. The number of thiophene rings is 1. The van der Waals surface area contributed by atoms with Gasteiger partial charge in [0.1, 0.15) is 0 Å². The standard InChI is InChI=1S/C12H16N2O4S/c1-13(6-5-11(16)17)10(15)8-14(2)12(18)9-4-3-7-19-9/h3-4,7H,5-6,8H2,1-2H3,(H,16,17). The highest BCUT2D eigenvalue weighted by molar-refractivity contribution is 7.12. The third-order valence-corrected chi connectivity index (χ3v) is 3.40. The number of amides is 2. The summed E-state index contributed by atoms with van der Waals surface area (Å²) in [6.07, 6.45) is -0.106.